The standard InChI is InChI=1S/C18H19N3O5S/c1-12(22)19-14-3-6-16(7-4-14)27(24,25)20-15-5-8-17-18(11-15)26-10-9-21(17)13(2)23/h3-8,11,20H,9-10H2,1-2H3,(H,19,22). The smallest absolute Gasteiger partial charge is 0.261 e. The van der Waals surface area contributed by atoms with Crippen LogP contribution in [0.1, 0.15) is 13.8 Å². The van der Waals surface area contributed by atoms with Crippen molar-refractivity contribution in [3.63, 3.8) is 0 Å². The molecule has 142 valence electrons. The first-order valence-corrected chi connectivity index (χ1v) is 9.70. The van der Waals surface area contributed by atoms with E-state index in [9.17, 15) is 18.0 Å². The van der Waals surface area contributed by atoms with Crippen LogP contribution >= 0.6 is 0 Å². The predicted molar refractivity (Wildman–Crippen MR) is 102 cm³/mol. The molecule has 0 atom stereocenters. The van der Waals surface area contributed by atoms with E-state index in [1.54, 1.807) is 23.1 Å². The summed E-state index contributed by atoms with van der Waals surface area (Å²) in [4.78, 5) is 24.4. The fourth-order valence-electron chi connectivity index (χ4n) is 2.75. The molecule has 1 aliphatic heterocycles. The highest BCUT2D eigenvalue weighted by atomic mass is 32.2. The van der Waals surface area contributed by atoms with Crippen molar-refractivity contribution in [2.45, 2.75) is 18.7 Å². The van der Waals surface area contributed by atoms with Crippen molar-refractivity contribution in [1.82, 2.24) is 0 Å². The number of nitrogens with one attached hydrogen (secondary N) is 2. The summed E-state index contributed by atoms with van der Waals surface area (Å²) in [5, 5.41) is 2.58. The molecule has 0 bridgehead atoms. The summed E-state index contributed by atoms with van der Waals surface area (Å²) in [7, 11) is -3.81. The molecule has 2 N–H and O–H groups in total. The van der Waals surface area contributed by atoms with Crippen molar-refractivity contribution in [3.8, 4) is 5.75 Å². The second kappa shape index (κ2) is 7.28. The third-order valence-corrected chi connectivity index (χ3v) is 5.34. The Labute approximate surface area is 157 Å². The van der Waals surface area contributed by atoms with Gasteiger partial charge in [0.15, 0.2) is 0 Å². The van der Waals surface area contributed by atoms with Crippen molar-refractivity contribution in [2.24, 2.45) is 0 Å². The van der Waals surface area contributed by atoms with E-state index in [0.717, 1.165) is 0 Å². The van der Waals surface area contributed by atoms with Gasteiger partial charge in [0, 0.05) is 25.6 Å². The highest BCUT2D eigenvalue weighted by molar-refractivity contribution is 7.92. The lowest BCUT2D eigenvalue weighted by molar-refractivity contribution is -0.117. The van der Waals surface area contributed by atoms with E-state index in [2.05, 4.69) is 10.0 Å². The Hall–Kier alpha value is -3.07. The summed E-state index contributed by atoms with van der Waals surface area (Å²) >= 11 is 0. The molecule has 2 aromatic rings. The lowest BCUT2D eigenvalue weighted by Crippen LogP contribution is -2.36. The lowest BCUT2D eigenvalue weighted by Gasteiger charge is -2.29. The topological polar surface area (TPSA) is 105 Å². The van der Waals surface area contributed by atoms with E-state index in [1.807, 2.05) is 0 Å². The largest absolute Gasteiger partial charge is 0.489 e. The number of ether oxygens (including phenoxy) is 1. The number of benzene rings is 2. The van der Waals surface area contributed by atoms with Gasteiger partial charge in [0.1, 0.15) is 12.4 Å². The zero-order valence-corrected chi connectivity index (χ0v) is 15.7. The molecule has 0 aromatic heterocycles. The number of hydrogen-bond donors (Lipinski definition) is 2. The minimum absolute atomic E-state index is 0.0561. The quantitative estimate of drug-likeness (QED) is 0.834. The highest BCUT2D eigenvalue weighted by Gasteiger charge is 2.22. The zero-order valence-electron chi connectivity index (χ0n) is 14.9. The van der Waals surface area contributed by atoms with E-state index in [0.29, 0.717) is 36.0 Å². The number of hydrogen-bond acceptors (Lipinski definition) is 5. The van der Waals surface area contributed by atoms with Gasteiger partial charge in [-0.3, -0.25) is 14.3 Å². The molecular formula is C18H19N3O5S. The fourth-order valence-corrected chi connectivity index (χ4v) is 3.79. The van der Waals surface area contributed by atoms with Crippen LogP contribution < -0.4 is 19.7 Å². The number of carbonyl (C=O) groups is 2. The first kappa shape index (κ1) is 18.7. The van der Waals surface area contributed by atoms with E-state index in [4.69, 9.17) is 4.74 Å². The molecule has 0 unspecified atom stereocenters. The van der Waals surface area contributed by atoms with Gasteiger partial charge in [-0.2, -0.15) is 0 Å². The van der Waals surface area contributed by atoms with E-state index < -0.39 is 10.0 Å². The first-order chi connectivity index (χ1) is 12.8. The third kappa shape index (κ3) is 4.20. The molecule has 0 aliphatic carbocycles. The van der Waals surface area contributed by atoms with Gasteiger partial charge in [-0.25, -0.2) is 8.42 Å². The predicted octanol–water partition coefficient (Wildman–Crippen LogP) is 2.19. The maximum Gasteiger partial charge on any atom is 0.261 e. The Morgan fingerprint density at radius 1 is 1.04 bits per heavy atom. The van der Waals surface area contributed by atoms with E-state index in [-0.39, 0.29) is 16.7 Å². The van der Waals surface area contributed by atoms with Gasteiger partial charge in [-0.15, -0.1) is 0 Å². The van der Waals surface area contributed by atoms with Crippen LogP contribution in [0.5, 0.6) is 5.75 Å². The molecule has 8 nitrogen and oxygen atoms in total. The normalized spacial score (nSPS) is 13.3. The van der Waals surface area contributed by atoms with Crippen LogP contribution in [0.4, 0.5) is 17.1 Å². The molecular weight excluding hydrogens is 370 g/mol. The molecule has 2 aromatic carbocycles. The number of carbonyl (C=O) groups excluding carboxylic acids is 2. The molecule has 0 saturated carbocycles. The maximum atomic E-state index is 12.6. The Bertz CT molecular complexity index is 987. The number of nitrogens with zero attached hydrogens (tertiary/aromatic N) is 1. The second-order valence-electron chi connectivity index (χ2n) is 6.01. The van der Waals surface area contributed by atoms with Crippen molar-refractivity contribution in [3.05, 3.63) is 42.5 Å². The Balaban J connectivity index is 1.82. The fraction of sp³-hybridized carbons (Fsp3) is 0.222. The van der Waals surface area contributed by atoms with Crippen LogP contribution in [-0.2, 0) is 19.6 Å². The summed E-state index contributed by atoms with van der Waals surface area (Å²) in [6, 6.07) is 10.6. The van der Waals surface area contributed by atoms with Crippen LogP contribution in [0, 0.1) is 0 Å². The zero-order chi connectivity index (χ0) is 19.6. The van der Waals surface area contributed by atoms with Crippen LogP contribution in [0.15, 0.2) is 47.4 Å². The van der Waals surface area contributed by atoms with Crippen molar-refractivity contribution in [1.29, 1.82) is 0 Å². The van der Waals surface area contributed by atoms with E-state index >= 15 is 0 Å². The average molecular weight is 389 g/mol. The molecule has 1 aliphatic rings. The third-order valence-electron chi connectivity index (χ3n) is 3.94. The van der Waals surface area contributed by atoms with Gasteiger partial charge in [-0.1, -0.05) is 0 Å². The van der Waals surface area contributed by atoms with Crippen LogP contribution in [0.3, 0.4) is 0 Å². The Morgan fingerprint density at radius 2 is 1.70 bits per heavy atom. The summed E-state index contributed by atoms with van der Waals surface area (Å²) in [6.45, 7) is 3.63. The van der Waals surface area contributed by atoms with Gasteiger partial charge >= 0.3 is 0 Å². The van der Waals surface area contributed by atoms with Gasteiger partial charge in [0.25, 0.3) is 10.0 Å². The number of rotatable bonds is 4. The molecule has 0 spiro atoms. The number of fused-ring (bicyclic) bond motifs is 1. The second-order valence-corrected chi connectivity index (χ2v) is 7.70. The number of anilines is 3. The lowest BCUT2D eigenvalue weighted by atomic mass is 10.2. The molecule has 27 heavy (non-hydrogen) atoms. The highest BCUT2D eigenvalue weighted by Crippen LogP contribution is 2.34. The minimum atomic E-state index is -3.81. The molecule has 0 saturated heterocycles. The Morgan fingerprint density at radius 3 is 2.33 bits per heavy atom. The van der Waals surface area contributed by atoms with Crippen LogP contribution in [0.2, 0.25) is 0 Å². The summed E-state index contributed by atoms with van der Waals surface area (Å²) in [5.41, 5.74) is 1.44. The average Bonchev–Trinajstić information content (AvgIpc) is 2.60. The molecule has 3 rings (SSSR count). The van der Waals surface area contributed by atoms with Gasteiger partial charge in [0.2, 0.25) is 11.8 Å². The molecule has 9 heteroatoms. The molecule has 0 radical (unpaired) electrons. The number of sulfonamides is 1. The van der Waals surface area contributed by atoms with Crippen LogP contribution in [0.25, 0.3) is 0 Å². The summed E-state index contributed by atoms with van der Waals surface area (Å²) < 4.78 is 33.2. The van der Waals surface area contributed by atoms with Gasteiger partial charge < -0.3 is 15.0 Å². The van der Waals surface area contributed by atoms with Crippen LogP contribution in [-0.4, -0.2) is 33.4 Å². The first-order valence-electron chi connectivity index (χ1n) is 8.22. The van der Waals surface area contributed by atoms with E-state index in [1.165, 1.54) is 38.1 Å². The summed E-state index contributed by atoms with van der Waals surface area (Å²) in [5.74, 6) is 0.0993. The van der Waals surface area contributed by atoms with Gasteiger partial charge in [0.05, 0.1) is 22.8 Å². The monoisotopic (exact) mass is 389 g/mol. The van der Waals surface area contributed by atoms with Crippen molar-refractivity contribution in [2.75, 3.05) is 28.1 Å². The van der Waals surface area contributed by atoms with Gasteiger partial charge in [-0.05, 0) is 36.4 Å². The molecule has 0 fully saturated rings. The minimum Gasteiger partial charge on any atom is -0.489 e. The number of amides is 2. The maximum absolute atomic E-state index is 12.6. The Kier molecular flexibility index (Phi) is 5.04. The molecule has 1 heterocycles. The SMILES string of the molecule is CC(=O)Nc1ccc(S(=O)(=O)Nc2ccc3c(c2)OCCN3C(C)=O)cc1. The van der Waals surface area contributed by atoms with Crippen molar-refractivity contribution < 1.29 is 22.7 Å². The van der Waals surface area contributed by atoms with Crippen molar-refractivity contribution >= 4 is 38.9 Å². The molecule has 2 amide bonds. The summed E-state index contributed by atoms with van der Waals surface area (Å²) in [6.07, 6.45) is 0.